The van der Waals surface area contributed by atoms with Crippen molar-refractivity contribution in [2.24, 2.45) is 0 Å². The normalized spacial score (nSPS) is 11.0. The maximum atomic E-state index is 6.22. The van der Waals surface area contributed by atoms with Crippen LogP contribution in [0.2, 0.25) is 10.0 Å². The fourth-order valence-corrected chi connectivity index (χ4v) is 2.85. The van der Waals surface area contributed by atoms with Crippen LogP contribution in [0, 0.1) is 0 Å². The zero-order valence-corrected chi connectivity index (χ0v) is 13.2. The number of rotatable bonds is 3. The van der Waals surface area contributed by atoms with Crippen LogP contribution < -0.4 is 16.4 Å². The lowest BCUT2D eigenvalue weighted by atomic mass is 10.2. The van der Waals surface area contributed by atoms with Crippen molar-refractivity contribution in [1.29, 1.82) is 0 Å². The van der Waals surface area contributed by atoms with Gasteiger partial charge in [0.15, 0.2) is 0 Å². The van der Waals surface area contributed by atoms with E-state index < -0.39 is 0 Å². The smallest absolute Gasteiger partial charge is 0.233 e. The highest BCUT2D eigenvalue weighted by molar-refractivity contribution is 6.36. The zero-order valence-electron chi connectivity index (χ0n) is 11.7. The number of hydrogen-bond acceptors (Lipinski definition) is 6. The minimum atomic E-state index is 0.0833. The van der Waals surface area contributed by atoms with Crippen LogP contribution in [0.5, 0.6) is 0 Å². The number of halogens is 2. The Kier molecular flexibility index (Phi) is 3.72. The second-order valence-electron chi connectivity index (χ2n) is 4.86. The van der Waals surface area contributed by atoms with E-state index in [1.807, 2.05) is 18.0 Å². The van der Waals surface area contributed by atoms with Gasteiger partial charge in [-0.2, -0.15) is 9.97 Å². The summed E-state index contributed by atoms with van der Waals surface area (Å²) >= 11 is 12.1. The molecule has 0 fully saturated rings. The minimum Gasteiger partial charge on any atom is -0.446 e. The van der Waals surface area contributed by atoms with Crippen molar-refractivity contribution in [1.82, 2.24) is 9.97 Å². The topological polar surface area (TPSA) is 94.2 Å². The average molecular weight is 338 g/mol. The molecule has 114 valence electrons. The molecule has 0 bridgehead atoms. The van der Waals surface area contributed by atoms with Gasteiger partial charge in [0.1, 0.15) is 5.82 Å². The van der Waals surface area contributed by atoms with E-state index in [0.717, 1.165) is 11.3 Å². The van der Waals surface area contributed by atoms with Gasteiger partial charge < -0.3 is 20.8 Å². The Morgan fingerprint density at radius 2 is 2.00 bits per heavy atom. The van der Waals surface area contributed by atoms with Crippen molar-refractivity contribution in [2.45, 2.75) is 6.54 Å². The predicted octanol–water partition coefficient (Wildman–Crippen LogP) is 3.33. The maximum Gasteiger partial charge on any atom is 0.233 e. The lowest BCUT2D eigenvalue weighted by Gasteiger charge is -2.20. The third-order valence-corrected chi connectivity index (χ3v) is 3.82. The molecule has 0 aliphatic heterocycles. The van der Waals surface area contributed by atoms with Gasteiger partial charge in [-0.25, -0.2) is 0 Å². The molecule has 6 nitrogen and oxygen atoms in total. The number of aromatic nitrogens is 2. The molecule has 0 unspecified atom stereocenters. The van der Waals surface area contributed by atoms with E-state index in [1.165, 1.54) is 0 Å². The predicted molar refractivity (Wildman–Crippen MR) is 89.2 cm³/mol. The molecule has 2 heterocycles. The third kappa shape index (κ3) is 2.63. The van der Waals surface area contributed by atoms with Crippen LogP contribution in [0.4, 0.5) is 17.5 Å². The summed E-state index contributed by atoms with van der Waals surface area (Å²) in [7, 11) is 1.91. The highest BCUT2D eigenvalue weighted by Gasteiger charge is 2.15. The largest absolute Gasteiger partial charge is 0.446 e. The number of nitrogens with zero attached hydrogens (tertiary/aromatic N) is 3. The summed E-state index contributed by atoms with van der Waals surface area (Å²) in [6, 6.07) is 5.33. The molecule has 0 aliphatic carbocycles. The molecule has 3 aromatic rings. The Morgan fingerprint density at radius 3 is 2.73 bits per heavy atom. The molecule has 0 amide bonds. The van der Waals surface area contributed by atoms with Gasteiger partial charge in [-0.3, -0.25) is 0 Å². The van der Waals surface area contributed by atoms with Crippen molar-refractivity contribution in [3.8, 4) is 0 Å². The van der Waals surface area contributed by atoms with Crippen LogP contribution in [0.1, 0.15) is 5.56 Å². The van der Waals surface area contributed by atoms with Crippen molar-refractivity contribution in [2.75, 3.05) is 23.4 Å². The molecule has 8 heteroatoms. The van der Waals surface area contributed by atoms with E-state index in [1.54, 1.807) is 18.4 Å². The van der Waals surface area contributed by atoms with Crippen LogP contribution in [0.3, 0.4) is 0 Å². The Balaban J connectivity index is 1.96. The Hall–Kier alpha value is -2.18. The summed E-state index contributed by atoms with van der Waals surface area (Å²) in [6.07, 6.45) is 1.59. The highest BCUT2D eigenvalue weighted by Crippen LogP contribution is 2.31. The van der Waals surface area contributed by atoms with Crippen molar-refractivity contribution in [3.05, 3.63) is 40.1 Å². The van der Waals surface area contributed by atoms with Crippen LogP contribution in [-0.4, -0.2) is 17.0 Å². The molecule has 22 heavy (non-hydrogen) atoms. The molecule has 0 saturated heterocycles. The fraction of sp³-hybridized carbons (Fsp3) is 0.143. The Bertz CT molecular complexity index is 849. The van der Waals surface area contributed by atoms with Crippen molar-refractivity contribution < 1.29 is 4.42 Å². The third-order valence-electron chi connectivity index (χ3n) is 3.28. The summed E-state index contributed by atoms with van der Waals surface area (Å²) in [6.45, 7) is 0.520. The van der Waals surface area contributed by atoms with E-state index in [9.17, 15) is 0 Å². The first-order chi connectivity index (χ1) is 10.5. The van der Waals surface area contributed by atoms with Gasteiger partial charge >= 0.3 is 0 Å². The summed E-state index contributed by atoms with van der Waals surface area (Å²) in [5, 5.41) is 1.81. The molecule has 2 aromatic heterocycles. The van der Waals surface area contributed by atoms with Crippen LogP contribution in [-0.2, 0) is 6.54 Å². The Morgan fingerprint density at radius 1 is 1.23 bits per heavy atom. The number of hydrogen-bond donors (Lipinski definition) is 2. The molecule has 4 N–H and O–H groups in total. The van der Waals surface area contributed by atoms with Gasteiger partial charge in [0.05, 0.1) is 22.4 Å². The van der Waals surface area contributed by atoms with E-state index in [2.05, 4.69) is 9.97 Å². The van der Waals surface area contributed by atoms with Gasteiger partial charge in [0.25, 0.3) is 0 Å². The van der Waals surface area contributed by atoms with Gasteiger partial charge in [0.2, 0.25) is 11.7 Å². The molecule has 0 spiro atoms. The first kappa shape index (κ1) is 14.7. The fourth-order valence-electron chi connectivity index (χ4n) is 2.29. The van der Waals surface area contributed by atoms with Crippen molar-refractivity contribution in [3.63, 3.8) is 0 Å². The van der Waals surface area contributed by atoms with Gasteiger partial charge in [-0.05, 0) is 18.2 Å². The summed E-state index contributed by atoms with van der Waals surface area (Å²) in [5.41, 5.74) is 13.5. The van der Waals surface area contributed by atoms with Crippen LogP contribution in [0.25, 0.3) is 11.1 Å². The number of benzene rings is 1. The van der Waals surface area contributed by atoms with E-state index >= 15 is 0 Å². The molecule has 0 radical (unpaired) electrons. The second-order valence-corrected chi connectivity index (χ2v) is 5.70. The number of nitrogen functional groups attached to an aromatic ring is 2. The number of nitrogens with two attached hydrogens (primary N) is 2. The SMILES string of the molecule is CN(Cc1coc2nc(N)nc(N)c12)c1ccc(Cl)cc1Cl. The number of fused-ring (bicyclic) bond motifs is 1. The second kappa shape index (κ2) is 5.55. The van der Waals surface area contributed by atoms with Crippen molar-refractivity contribution >= 4 is 51.8 Å². The van der Waals surface area contributed by atoms with Crippen LogP contribution in [0.15, 0.2) is 28.9 Å². The maximum absolute atomic E-state index is 6.22. The summed E-state index contributed by atoms with van der Waals surface area (Å²) < 4.78 is 5.40. The number of anilines is 3. The van der Waals surface area contributed by atoms with Gasteiger partial charge in [-0.15, -0.1) is 0 Å². The molecular formula is C14H13Cl2N5O. The lowest BCUT2D eigenvalue weighted by molar-refractivity contribution is 0.598. The zero-order chi connectivity index (χ0) is 15.9. The molecule has 3 rings (SSSR count). The molecule has 0 saturated carbocycles. The van der Waals surface area contributed by atoms with Gasteiger partial charge in [0, 0.05) is 24.2 Å². The monoisotopic (exact) mass is 337 g/mol. The Labute approximate surface area is 136 Å². The van der Waals surface area contributed by atoms with Crippen LogP contribution >= 0.6 is 23.2 Å². The molecular weight excluding hydrogens is 325 g/mol. The molecule has 0 aliphatic rings. The van der Waals surface area contributed by atoms with E-state index in [-0.39, 0.29) is 5.95 Å². The minimum absolute atomic E-state index is 0.0833. The number of furan rings is 1. The lowest BCUT2D eigenvalue weighted by Crippen LogP contribution is -2.16. The first-order valence-electron chi connectivity index (χ1n) is 6.41. The first-order valence-corrected chi connectivity index (χ1v) is 7.16. The summed E-state index contributed by atoms with van der Waals surface area (Å²) in [5.74, 6) is 0.377. The van der Waals surface area contributed by atoms with E-state index in [0.29, 0.717) is 33.5 Å². The summed E-state index contributed by atoms with van der Waals surface area (Å²) in [4.78, 5) is 9.95. The quantitative estimate of drug-likeness (QED) is 0.761. The molecule has 0 atom stereocenters. The standard InChI is InChI=1S/C14H13Cl2N5O/c1-21(10-3-2-8(15)4-9(10)16)5-7-6-22-13-11(7)12(17)19-14(18)20-13/h2-4,6H,5H2,1H3,(H4,17,18,19,20). The average Bonchev–Trinajstić information content (AvgIpc) is 2.81. The molecule has 1 aromatic carbocycles. The van der Waals surface area contributed by atoms with Gasteiger partial charge in [-0.1, -0.05) is 23.2 Å². The highest BCUT2D eigenvalue weighted by atomic mass is 35.5. The van der Waals surface area contributed by atoms with E-state index in [4.69, 9.17) is 39.1 Å².